The first kappa shape index (κ1) is 14.9. The number of amides is 1. The molecule has 114 valence electrons. The number of carbonyl (C=O) groups excluding carboxylic acids is 1. The second kappa shape index (κ2) is 5.61. The molecule has 1 atom stereocenters. The number of rotatable bonds is 5. The van der Waals surface area contributed by atoms with E-state index in [1.807, 2.05) is 11.8 Å². The normalized spacial score (nSPS) is 26.6. The minimum Gasteiger partial charge on any atom is -0.376 e. The summed E-state index contributed by atoms with van der Waals surface area (Å²) in [4.78, 5) is 12.6. The van der Waals surface area contributed by atoms with Crippen LogP contribution in [-0.2, 0) is 14.9 Å². The maximum Gasteiger partial charge on any atom is 0.230 e. The highest BCUT2D eigenvalue weighted by Gasteiger charge is 2.51. The lowest BCUT2D eigenvalue weighted by atomic mass is 9.94. The van der Waals surface area contributed by atoms with E-state index in [0.717, 1.165) is 36.3 Å². The SMILES string of the molecule is COC1(CNC(=O)C2(c3ccc(F)cc3)CC2)CCSC1. The third kappa shape index (κ3) is 2.81. The topological polar surface area (TPSA) is 38.3 Å². The fourth-order valence-electron chi connectivity index (χ4n) is 2.91. The van der Waals surface area contributed by atoms with Crippen LogP contribution in [0, 0.1) is 5.82 Å². The molecular weight excluding hydrogens is 289 g/mol. The molecule has 1 heterocycles. The van der Waals surface area contributed by atoms with E-state index in [-0.39, 0.29) is 17.3 Å². The van der Waals surface area contributed by atoms with Crippen molar-refractivity contribution in [3.8, 4) is 0 Å². The zero-order valence-corrected chi connectivity index (χ0v) is 13.0. The smallest absolute Gasteiger partial charge is 0.230 e. The summed E-state index contributed by atoms with van der Waals surface area (Å²) in [6.07, 6.45) is 2.64. The molecule has 3 nitrogen and oxygen atoms in total. The predicted octanol–water partition coefficient (Wildman–Crippen LogP) is 2.50. The fraction of sp³-hybridized carbons (Fsp3) is 0.562. The van der Waals surface area contributed by atoms with Gasteiger partial charge in [-0.3, -0.25) is 4.79 Å². The van der Waals surface area contributed by atoms with Gasteiger partial charge in [-0.2, -0.15) is 11.8 Å². The van der Waals surface area contributed by atoms with Crippen molar-refractivity contribution < 1.29 is 13.9 Å². The van der Waals surface area contributed by atoms with Crippen molar-refractivity contribution in [2.24, 2.45) is 0 Å². The molecule has 1 amide bonds. The first-order valence-electron chi connectivity index (χ1n) is 7.28. The van der Waals surface area contributed by atoms with E-state index in [0.29, 0.717) is 6.54 Å². The number of thioether (sulfide) groups is 1. The summed E-state index contributed by atoms with van der Waals surface area (Å²) in [5.74, 6) is 1.78. The highest BCUT2D eigenvalue weighted by atomic mass is 32.2. The lowest BCUT2D eigenvalue weighted by Crippen LogP contribution is -2.47. The second-order valence-corrected chi connectivity index (χ2v) is 7.07. The maximum atomic E-state index is 13.0. The van der Waals surface area contributed by atoms with Gasteiger partial charge in [0.05, 0.1) is 11.0 Å². The molecule has 0 bridgehead atoms. The Labute approximate surface area is 128 Å². The highest BCUT2D eigenvalue weighted by molar-refractivity contribution is 7.99. The second-order valence-electron chi connectivity index (χ2n) is 5.96. The standard InChI is InChI=1S/C16H20FNO2S/c1-20-15(8-9-21-11-15)10-18-14(19)16(6-7-16)12-2-4-13(17)5-3-12/h2-5H,6-11H2,1H3,(H,18,19). The lowest BCUT2D eigenvalue weighted by molar-refractivity contribution is -0.125. The van der Waals surface area contributed by atoms with Gasteiger partial charge >= 0.3 is 0 Å². The molecule has 0 spiro atoms. The molecular formula is C16H20FNO2S. The molecule has 2 aliphatic rings. The minimum absolute atomic E-state index is 0.0439. The van der Waals surface area contributed by atoms with E-state index in [1.165, 1.54) is 12.1 Å². The molecule has 1 saturated carbocycles. The zero-order valence-electron chi connectivity index (χ0n) is 12.2. The third-order valence-electron chi connectivity index (χ3n) is 4.65. The van der Waals surface area contributed by atoms with Crippen LogP contribution in [0.1, 0.15) is 24.8 Å². The maximum absolute atomic E-state index is 13.0. The Bertz CT molecular complexity index is 522. The Morgan fingerprint density at radius 2 is 2.05 bits per heavy atom. The fourth-order valence-corrected chi connectivity index (χ4v) is 4.31. The van der Waals surface area contributed by atoms with Crippen molar-refractivity contribution >= 4 is 17.7 Å². The van der Waals surface area contributed by atoms with E-state index >= 15 is 0 Å². The number of hydrogen-bond acceptors (Lipinski definition) is 3. The Balaban J connectivity index is 1.66. The first-order valence-corrected chi connectivity index (χ1v) is 8.43. The van der Waals surface area contributed by atoms with Crippen molar-refractivity contribution in [1.82, 2.24) is 5.32 Å². The Morgan fingerprint density at radius 3 is 2.57 bits per heavy atom. The molecule has 1 aliphatic carbocycles. The largest absolute Gasteiger partial charge is 0.376 e. The first-order chi connectivity index (χ1) is 10.1. The van der Waals surface area contributed by atoms with Gasteiger partial charge in [-0.15, -0.1) is 0 Å². The quantitative estimate of drug-likeness (QED) is 0.908. The van der Waals surface area contributed by atoms with Crippen LogP contribution in [0.4, 0.5) is 4.39 Å². The Hall–Kier alpha value is -1.07. The number of benzene rings is 1. The lowest BCUT2D eigenvalue weighted by Gasteiger charge is -2.28. The van der Waals surface area contributed by atoms with Gasteiger partial charge in [-0.25, -0.2) is 4.39 Å². The molecule has 0 aromatic heterocycles. The van der Waals surface area contributed by atoms with Crippen LogP contribution >= 0.6 is 11.8 Å². The average molecular weight is 309 g/mol. The number of methoxy groups -OCH3 is 1. The van der Waals surface area contributed by atoms with Gasteiger partial charge < -0.3 is 10.1 Å². The molecule has 1 aromatic rings. The van der Waals surface area contributed by atoms with E-state index in [9.17, 15) is 9.18 Å². The number of carbonyl (C=O) groups is 1. The molecule has 1 aliphatic heterocycles. The molecule has 5 heteroatoms. The number of nitrogens with one attached hydrogen (secondary N) is 1. The van der Waals surface area contributed by atoms with Crippen LogP contribution in [0.15, 0.2) is 24.3 Å². The van der Waals surface area contributed by atoms with Crippen molar-refractivity contribution in [2.75, 3.05) is 25.2 Å². The molecule has 3 rings (SSSR count). The van der Waals surface area contributed by atoms with Crippen LogP contribution in [0.5, 0.6) is 0 Å². The van der Waals surface area contributed by atoms with Gasteiger partial charge in [0.2, 0.25) is 5.91 Å². The zero-order chi connectivity index (χ0) is 14.9. The summed E-state index contributed by atoms with van der Waals surface area (Å²) in [5.41, 5.74) is 0.238. The average Bonchev–Trinajstić information content (AvgIpc) is 3.18. The van der Waals surface area contributed by atoms with E-state index < -0.39 is 5.41 Å². The Kier molecular flexibility index (Phi) is 3.97. The monoisotopic (exact) mass is 309 g/mol. The summed E-state index contributed by atoms with van der Waals surface area (Å²) >= 11 is 1.86. The van der Waals surface area contributed by atoms with Crippen LogP contribution in [0.3, 0.4) is 0 Å². The predicted molar refractivity (Wildman–Crippen MR) is 82.0 cm³/mol. The minimum atomic E-state index is -0.450. The third-order valence-corrected chi connectivity index (χ3v) is 5.88. The number of hydrogen-bond donors (Lipinski definition) is 1. The van der Waals surface area contributed by atoms with Gasteiger partial charge in [0.25, 0.3) is 0 Å². The van der Waals surface area contributed by atoms with Crippen molar-refractivity contribution in [3.05, 3.63) is 35.6 Å². The van der Waals surface area contributed by atoms with E-state index in [2.05, 4.69) is 5.32 Å². The summed E-state index contributed by atoms with van der Waals surface area (Å²) in [6.45, 7) is 0.554. The molecule has 1 aromatic carbocycles. The van der Waals surface area contributed by atoms with Crippen LogP contribution < -0.4 is 5.32 Å². The van der Waals surface area contributed by atoms with Gasteiger partial charge in [-0.05, 0) is 42.7 Å². The number of ether oxygens (including phenoxy) is 1. The summed E-state index contributed by atoms with van der Waals surface area (Å²) in [7, 11) is 1.71. The van der Waals surface area contributed by atoms with Crippen LogP contribution in [-0.4, -0.2) is 36.7 Å². The van der Waals surface area contributed by atoms with Gasteiger partial charge in [0.1, 0.15) is 5.82 Å². The van der Waals surface area contributed by atoms with Gasteiger partial charge in [0, 0.05) is 19.4 Å². The molecule has 2 fully saturated rings. The summed E-state index contributed by atoms with van der Waals surface area (Å²) < 4.78 is 18.6. The van der Waals surface area contributed by atoms with Gasteiger partial charge in [0.15, 0.2) is 0 Å². The summed E-state index contributed by atoms with van der Waals surface area (Å²) in [6, 6.07) is 6.29. The van der Waals surface area contributed by atoms with Crippen molar-refractivity contribution in [1.29, 1.82) is 0 Å². The van der Waals surface area contributed by atoms with E-state index in [1.54, 1.807) is 19.2 Å². The van der Waals surface area contributed by atoms with Crippen LogP contribution in [0.2, 0.25) is 0 Å². The molecule has 1 unspecified atom stereocenters. The van der Waals surface area contributed by atoms with Crippen molar-refractivity contribution in [2.45, 2.75) is 30.3 Å². The summed E-state index contributed by atoms with van der Waals surface area (Å²) in [5, 5.41) is 3.06. The van der Waals surface area contributed by atoms with Crippen molar-refractivity contribution in [3.63, 3.8) is 0 Å². The van der Waals surface area contributed by atoms with E-state index in [4.69, 9.17) is 4.74 Å². The molecule has 1 N–H and O–H groups in total. The highest BCUT2D eigenvalue weighted by Crippen LogP contribution is 2.48. The molecule has 21 heavy (non-hydrogen) atoms. The Morgan fingerprint density at radius 1 is 1.33 bits per heavy atom. The molecule has 1 saturated heterocycles. The van der Waals surface area contributed by atoms with Crippen LogP contribution in [0.25, 0.3) is 0 Å². The number of halogens is 1. The molecule has 0 radical (unpaired) electrons. The van der Waals surface area contributed by atoms with Gasteiger partial charge in [-0.1, -0.05) is 12.1 Å².